The van der Waals surface area contributed by atoms with Crippen molar-refractivity contribution in [1.29, 1.82) is 0 Å². The van der Waals surface area contributed by atoms with Crippen LogP contribution in [0.4, 0.5) is 0 Å². The first-order valence-electron chi connectivity index (χ1n) is 5.23. The smallest absolute Gasteiger partial charge is 0.193 e. The Morgan fingerprint density at radius 3 is 1.20 bits per heavy atom. The van der Waals surface area contributed by atoms with Gasteiger partial charge in [0, 0.05) is 0 Å². The molecular formula is C12H12MgO5S2. The highest BCUT2D eigenvalue weighted by Gasteiger charge is 2.26. The molecule has 0 spiro atoms. The van der Waals surface area contributed by atoms with E-state index in [1.807, 2.05) is 0 Å². The van der Waals surface area contributed by atoms with Crippen LogP contribution < -0.4 is 0 Å². The summed E-state index contributed by atoms with van der Waals surface area (Å²) in [4.78, 5) is -0.427. The predicted molar refractivity (Wildman–Crippen MR) is 76.9 cm³/mol. The summed E-state index contributed by atoms with van der Waals surface area (Å²) in [6.45, 7) is 0. The lowest BCUT2D eigenvalue weighted by Crippen LogP contribution is -2.14. The van der Waals surface area contributed by atoms with Gasteiger partial charge in [-0.05, 0) is 24.3 Å². The predicted octanol–water partition coefficient (Wildman–Crippen LogP) is 0.865. The van der Waals surface area contributed by atoms with Gasteiger partial charge >= 0.3 is 43.3 Å². The van der Waals surface area contributed by atoms with Crippen molar-refractivity contribution in [3.8, 4) is 0 Å². The Morgan fingerprint density at radius 1 is 0.600 bits per heavy atom. The first-order chi connectivity index (χ1) is 8.92. The molecule has 0 N–H and O–H groups in total. The highest BCUT2D eigenvalue weighted by molar-refractivity contribution is 7.99. The minimum atomic E-state index is -4.35. The number of hydrogen-bond acceptors (Lipinski definition) is 5. The Hall–Kier alpha value is -0.934. The summed E-state index contributed by atoms with van der Waals surface area (Å²) in [7, 11) is -8.71. The van der Waals surface area contributed by atoms with Crippen molar-refractivity contribution in [1.82, 2.24) is 0 Å². The van der Waals surface area contributed by atoms with Crippen molar-refractivity contribution >= 4 is 43.3 Å². The molecular weight excluding hydrogens is 313 g/mol. The second kappa shape index (κ2) is 6.68. The zero-order chi connectivity index (χ0) is 13.9. The van der Waals surface area contributed by atoms with E-state index in [1.54, 1.807) is 12.1 Å². The van der Waals surface area contributed by atoms with Crippen LogP contribution in [0.3, 0.4) is 0 Å². The molecule has 0 fully saturated rings. The van der Waals surface area contributed by atoms with Crippen LogP contribution in [0.15, 0.2) is 70.5 Å². The molecule has 2 rings (SSSR count). The Bertz CT molecular complexity index is 689. The zero-order valence-corrected chi connectivity index (χ0v) is 11.3. The van der Waals surface area contributed by atoms with E-state index in [0.717, 1.165) is 0 Å². The van der Waals surface area contributed by atoms with E-state index in [0.29, 0.717) is 0 Å². The second-order valence-electron chi connectivity index (χ2n) is 3.60. The van der Waals surface area contributed by atoms with E-state index in [9.17, 15) is 16.8 Å². The molecule has 0 atom stereocenters. The molecule has 0 saturated carbocycles. The lowest BCUT2D eigenvalue weighted by atomic mass is 10.4. The molecule has 0 heterocycles. The lowest BCUT2D eigenvalue weighted by molar-refractivity contribution is 0.462. The molecule has 8 heteroatoms. The maximum atomic E-state index is 11.8. The van der Waals surface area contributed by atoms with Crippen LogP contribution >= 0.6 is 0 Å². The summed E-state index contributed by atoms with van der Waals surface area (Å²) < 4.78 is 51.6. The maximum absolute atomic E-state index is 11.8. The van der Waals surface area contributed by atoms with Gasteiger partial charge in [-0.25, -0.2) is 0 Å². The largest absolute Gasteiger partial charge is 0.316 e. The molecule has 0 saturated heterocycles. The number of hydrogen-bond donors (Lipinski definition) is 0. The maximum Gasteiger partial charge on any atom is 0.316 e. The molecule has 2 aromatic rings. The van der Waals surface area contributed by atoms with Crippen LogP contribution in [-0.4, -0.2) is 39.9 Å². The van der Waals surface area contributed by atoms with Crippen LogP contribution in [0.2, 0.25) is 0 Å². The van der Waals surface area contributed by atoms with E-state index in [1.165, 1.54) is 48.5 Å². The van der Waals surface area contributed by atoms with Gasteiger partial charge in [-0.3, -0.25) is 0 Å². The summed E-state index contributed by atoms with van der Waals surface area (Å²) in [5.41, 5.74) is 0. The van der Waals surface area contributed by atoms with Crippen molar-refractivity contribution in [2.45, 2.75) is 9.79 Å². The van der Waals surface area contributed by atoms with Crippen LogP contribution in [0.25, 0.3) is 0 Å². The van der Waals surface area contributed by atoms with Gasteiger partial charge in [-0.1, -0.05) is 36.4 Å². The van der Waals surface area contributed by atoms with Gasteiger partial charge in [0.15, 0.2) is 0 Å². The monoisotopic (exact) mass is 324 g/mol. The zero-order valence-electron chi connectivity index (χ0n) is 9.63. The molecule has 0 bridgehead atoms. The molecule has 0 unspecified atom stereocenters. The summed E-state index contributed by atoms with van der Waals surface area (Å²) in [5, 5.41) is 0. The van der Waals surface area contributed by atoms with Gasteiger partial charge in [0.1, 0.15) is 0 Å². The minimum absolute atomic E-state index is 0. The van der Waals surface area contributed by atoms with Crippen LogP contribution in [0.5, 0.6) is 0 Å². The third kappa shape index (κ3) is 4.03. The van der Waals surface area contributed by atoms with E-state index < -0.39 is 20.2 Å². The Labute approximate surface area is 134 Å². The van der Waals surface area contributed by atoms with E-state index in [2.05, 4.69) is 3.63 Å². The third-order valence-corrected chi connectivity index (χ3v) is 5.38. The SMILES string of the molecule is O=S(=O)(OS(=O)(=O)c1ccccc1)c1ccccc1.[MgH2]. The first-order valence-corrected chi connectivity index (χ1v) is 8.05. The van der Waals surface area contributed by atoms with Gasteiger partial charge in [0.05, 0.1) is 9.79 Å². The van der Waals surface area contributed by atoms with Gasteiger partial charge in [0.25, 0.3) is 0 Å². The summed E-state index contributed by atoms with van der Waals surface area (Å²) in [6.07, 6.45) is 0. The molecule has 5 nitrogen and oxygen atoms in total. The molecule has 0 aliphatic rings. The Morgan fingerprint density at radius 2 is 0.900 bits per heavy atom. The lowest BCUT2D eigenvalue weighted by Gasteiger charge is -2.05. The van der Waals surface area contributed by atoms with Gasteiger partial charge in [-0.15, -0.1) is 3.63 Å². The molecule has 20 heavy (non-hydrogen) atoms. The normalized spacial score (nSPS) is 11.6. The van der Waals surface area contributed by atoms with E-state index in [4.69, 9.17) is 0 Å². The number of rotatable bonds is 4. The second-order valence-corrected chi connectivity index (χ2v) is 6.91. The molecule has 104 valence electrons. The fraction of sp³-hybridized carbons (Fsp3) is 0. The molecule has 2 aromatic carbocycles. The van der Waals surface area contributed by atoms with Crippen molar-refractivity contribution in [2.75, 3.05) is 0 Å². The van der Waals surface area contributed by atoms with Crippen LogP contribution in [0.1, 0.15) is 0 Å². The molecule has 0 radical (unpaired) electrons. The van der Waals surface area contributed by atoms with Crippen LogP contribution in [-0.2, 0) is 23.9 Å². The Kier molecular flexibility index (Phi) is 5.72. The standard InChI is InChI=1S/C12H10O5S2.Mg.2H/c13-18(14,11-7-3-1-4-8-11)17-19(15,16)12-9-5-2-6-10-12;;;/h1-10H;;;. The highest BCUT2D eigenvalue weighted by Crippen LogP contribution is 2.19. The van der Waals surface area contributed by atoms with E-state index in [-0.39, 0.29) is 32.8 Å². The average molecular weight is 325 g/mol. The number of benzene rings is 2. The molecule has 0 aromatic heterocycles. The van der Waals surface area contributed by atoms with Crippen molar-refractivity contribution < 1.29 is 20.5 Å². The van der Waals surface area contributed by atoms with Gasteiger partial charge in [0.2, 0.25) is 0 Å². The summed E-state index contributed by atoms with van der Waals surface area (Å²) in [5.74, 6) is 0. The average Bonchev–Trinajstić information content (AvgIpc) is 2.40. The Balaban J connectivity index is 0.00000200. The molecule has 0 amide bonds. The van der Waals surface area contributed by atoms with Gasteiger partial charge in [-0.2, -0.15) is 16.8 Å². The highest BCUT2D eigenvalue weighted by atomic mass is 32.3. The fourth-order valence-electron chi connectivity index (χ4n) is 1.37. The van der Waals surface area contributed by atoms with Crippen molar-refractivity contribution in [3.05, 3.63) is 60.7 Å². The third-order valence-electron chi connectivity index (χ3n) is 2.24. The van der Waals surface area contributed by atoms with Crippen molar-refractivity contribution in [3.63, 3.8) is 0 Å². The molecule has 0 aliphatic heterocycles. The quantitative estimate of drug-likeness (QED) is 0.780. The van der Waals surface area contributed by atoms with Gasteiger partial charge < -0.3 is 0 Å². The minimum Gasteiger partial charge on any atom is -0.193 e. The molecule has 0 aliphatic carbocycles. The first kappa shape index (κ1) is 17.1. The fourth-order valence-corrected chi connectivity index (χ4v) is 3.92. The van der Waals surface area contributed by atoms with Crippen molar-refractivity contribution in [2.24, 2.45) is 0 Å². The topological polar surface area (TPSA) is 77.5 Å². The van der Waals surface area contributed by atoms with Crippen LogP contribution in [0, 0.1) is 0 Å². The van der Waals surface area contributed by atoms with E-state index >= 15 is 0 Å². The summed E-state index contributed by atoms with van der Waals surface area (Å²) >= 11 is 0. The summed E-state index contributed by atoms with van der Waals surface area (Å²) in [6, 6.07) is 14.2.